The van der Waals surface area contributed by atoms with E-state index >= 15 is 0 Å². The summed E-state index contributed by atoms with van der Waals surface area (Å²) < 4.78 is 2.12. The van der Waals surface area contributed by atoms with Gasteiger partial charge in [0, 0.05) is 6.42 Å². The largest absolute Gasteiger partial charge is 0.481 e. The monoisotopic (exact) mass is 436 g/mol. The molecule has 0 bridgehead atoms. The Morgan fingerprint density at radius 2 is 1.30 bits per heavy atom. The van der Waals surface area contributed by atoms with Crippen molar-refractivity contribution in [3.8, 4) is 0 Å². The zero-order valence-corrected chi connectivity index (χ0v) is 17.2. The molecular formula is C20H37IO2. The Kier molecular flexibility index (Phi) is 18.2. The van der Waals surface area contributed by atoms with Crippen LogP contribution in [0.3, 0.4) is 0 Å². The molecule has 0 heterocycles. The van der Waals surface area contributed by atoms with Crippen LogP contribution in [0.15, 0.2) is 10.2 Å². The third kappa shape index (κ3) is 19.9. The number of aliphatic carboxylic acids is 1. The quantitative estimate of drug-likeness (QED) is 0.189. The zero-order valence-electron chi connectivity index (χ0n) is 15.1. The number of carboxylic acids is 1. The lowest BCUT2D eigenvalue weighted by atomic mass is 9.99. The fourth-order valence-corrected chi connectivity index (χ4v) is 3.35. The van der Waals surface area contributed by atoms with Crippen molar-refractivity contribution < 1.29 is 9.90 Å². The molecule has 23 heavy (non-hydrogen) atoms. The Labute approximate surface area is 157 Å². The number of carboxylic acid groups (broad SMARTS) is 1. The van der Waals surface area contributed by atoms with Gasteiger partial charge in [0.15, 0.2) is 0 Å². The summed E-state index contributed by atoms with van der Waals surface area (Å²) in [5.74, 6) is -0.319. The summed E-state index contributed by atoms with van der Waals surface area (Å²) >= 11 is 2.29. The highest BCUT2D eigenvalue weighted by molar-refractivity contribution is 14.1. The SMILES string of the molecule is CC(CCCCCCCCCCCCCC/C=C/I)CC(=O)O. The van der Waals surface area contributed by atoms with Gasteiger partial charge in [-0.15, -0.1) is 0 Å². The molecule has 0 aromatic carbocycles. The third-order valence-corrected chi connectivity index (χ3v) is 4.94. The summed E-state index contributed by atoms with van der Waals surface area (Å²) in [6.07, 6.45) is 21.2. The minimum atomic E-state index is -0.657. The predicted octanol–water partition coefficient (Wildman–Crippen LogP) is 7.51. The van der Waals surface area contributed by atoms with Gasteiger partial charge in [-0.3, -0.25) is 4.79 Å². The lowest BCUT2D eigenvalue weighted by Crippen LogP contribution is -2.03. The maximum absolute atomic E-state index is 10.6. The normalized spacial score (nSPS) is 12.8. The standard InChI is InChI=1S/C20H37IO2/c1-19(18-20(22)23)16-14-12-10-8-6-4-2-3-5-7-9-11-13-15-17-21/h15,17,19H,2-14,16,18H2,1H3,(H,22,23)/b17-15+. The van der Waals surface area contributed by atoms with E-state index < -0.39 is 5.97 Å². The van der Waals surface area contributed by atoms with Crippen molar-refractivity contribution in [1.29, 1.82) is 0 Å². The van der Waals surface area contributed by atoms with Gasteiger partial charge >= 0.3 is 5.97 Å². The molecular weight excluding hydrogens is 399 g/mol. The molecule has 0 saturated heterocycles. The molecule has 1 atom stereocenters. The third-order valence-electron chi connectivity index (χ3n) is 4.43. The molecule has 0 fully saturated rings. The first-order valence-corrected chi connectivity index (χ1v) is 10.9. The first kappa shape index (κ1) is 22.9. The second-order valence-corrected chi connectivity index (χ2v) is 7.60. The molecule has 0 rings (SSSR count). The van der Waals surface area contributed by atoms with E-state index in [1.54, 1.807) is 0 Å². The van der Waals surface area contributed by atoms with Gasteiger partial charge in [0.1, 0.15) is 0 Å². The van der Waals surface area contributed by atoms with E-state index in [1.807, 2.05) is 6.92 Å². The summed E-state index contributed by atoms with van der Waals surface area (Å²) in [4.78, 5) is 10.6. The van der Waals surface area contributed by atoms with Gasteiger partial charge in [0.2, 0.25) is 0 Å². The molecule has 0 aliphatic carbocycles. The lowest BCUT2D eigenvalue weighted by Gasteiger charge is -2.08. The van der Waals surface area contributed by atoms with Gasteiger partial charge in [0.25, 0.3) is 0 Å². The molecule has 0 radical (unpaired) electrons. The van der Waals surface area contributed by atoms with Gasteiger partial charge in [-0.05, 0) is 22.8 Å². The first-order valence-electron chi connectivity index (χ1n) is 9.63. The smallest absolute Gasteiger partial charge is 0.303 e. The topological polar surface area (TPSA) is 37.3 Å². The number of carbonyl (C=O) groups is 1. The molecule has 2 nitrogen and oxygen atoms in total. The minimum absolute atomic E-state index is 0.328. The molecule has 0 aliphatic rings. The fraction of sp³-hybridized carbons (Fsp3) is 0.850. The van der Waals surface area contributed by atoms with Crippen LogP contribution in [0.4, 0.5) is 0 Å². The van der Waals surface area contributed by atoms with E-state index in [0.717, 1.165) is 6.42 Å². The van der Waals surface area contributed by atoms with Crippen molar-refractivity contribution in [3.05, 3.63) is 10.2 Å². The number of hydrogen-bond donors (Lipinski definition) is 1. The Balaban J connectivity index is 3.09. The van der Waals surface area contributed by atoms with Gasteiger partial charge in [0.05, 0.1) is 0 Å². The van der Waals surface area contributed by atoms with Crippen LogP contribution in [0.25, 0.3) is 0 Å². The Bertz CT molecular complexity index is 289. The molecule has 0 aliphatic heterocycles. The minimum Gasteiger partial charge on any atom is -0.481 e. The summed E-state index contributed by atoms with van der Waals surface area (Å²) in [7, 11) is 0. The maximum Gasteiger partial charge on any atom is 0.303 e. The van der Waals surface area contributed by atoms with E-state index in [9.17, 15) is 4.79 Å². The van der Waals surface area contributed by atoms with Crippen molar-refractivity contribution in [1.82, 2.24) is 0 Å². The number of halogens is 1. The molecule has 0 spiro atoms. The van der Waals surface area contributed by atoms with E-state index in [0.29, 0.717) is 12.3 Å². The molecule has 0 aromatic heterocycles. The highest BCUT2D eigenvalue weighted by Crippen LogP contribution is 2.16. The van der Waals surface area contributed by atoms with E-state index in [2.05, 4.69) is 32.7 Å². The average molecular weight is 436 g/mol. The van der Waals surface area contributed by atoms with Gasteiger partial charge in [-0.25, -0.2) is 0 Å². The van der Waals surface area contributed by atoms with Crippen LogP contribution in [0.5, 0.6) is 0 Å². The number of unbranched alkanes of at least 4 members (excludes halogenated alkanes) is 12. The molecule has 0 amide bonds. The van der Waals surface area contributed by atoms with Crippen molar-refractivity contribution in [2.24, 2.45) is 5.92 Å². The molecule has 0 aromatic rings. The van der Waals surface area contributed by atoms with Crippen molar-refractivity contribution in [3.63, 3.8) is 0 Å². The summed E-state index contributed by atoms with van der Waals surface area (Å²) in [5, 5.41) is 8.71. The molecule has 1 unspecified atom stereocenters. The molecule has 0 saturated carbocycles. The van der Waals surface area contributed by atoms with E-state index in [-0.39, 0.29) is 0 Å². The number of rotatable bonds is 17. The molecule has 136 valence electrons. The number of allylic oxidation sites excluding steroid dienone is 1. The number of hydrogen-bond acceptors (Lipinski definition) is 1. The van der Waals surface area contributed by atoms with Crippen molar-refractivity contribution in [2.75, 3.05) is 0 Å². The predicted molar refractivity (Wildman–Crippen MR) is 109 cm³/mol. The fourth-order valence-electron chi connectivity index (χ4n) is 2.99. The van der Waals surface area contributed by atoms with Crippen LogP contribution >= 0.6 is 22.6 Å². The van der Waals surface area contributed by atoms with Gasteiger partial charge < -0.3 is 5.11 Å². The molecule has 3 heteroatoms. The Hall–Kier alpha value is -0.0600. The van der Waals surface area contributed by atoms with Crippen LogP contribution < -0.4 is 0 Å². The highest BCUT2D eigenvalue weighted by atomic mass is 127. The van der Waals surface area contributed by atoms with Crippen molar-refractivity contribution >= 4 is 28.6 Å². The van der Waals surface area contributed by atoms with Gasteiger partial charge in [-0.1, -0.05) is 113 Å². The second-order valence-electron chi connectivity index (χ2n) is 6.88. The summed E-state index contributed by atoms with van der Waals surface area (Å²) in [5.41, 5.74) is 0. The summed E-state index contributed by atoms with van der Waals surface area (Å²) in [6, 6.07) is 0. The average Bonchev–Trinajstić information content (AvgIpc) is 2.50. The van der Waals surface area contributed by atoms with E-state index in [1.165, 1.54) is 83.5 Å². The lowest BCUT2D eigenvalue weighted by molar-refractivity contribution is -0.138. The van der Waals surface area contributed by atoms with Crippen LogP contribution in [0, 0.1) is 5.92 Å². The highest BCUT2D eigenvalue weighted by Gasteiger charge is 2.06. The first-order chi connectivity index (χ1) is 11.2. The summed E-state index contributed by atoms with van der Waals surface area (Å²) in [6.45, 7) is 2.05. The van der Waals surface area contributed by atoms with Crippen LogP contribution in [-0.2, 0) is 4.79 Å². The van der Waals surface area contributed by atoms with E-state index in [4.69, 9.17) is 5.11 Å². The van der Waals surface area contributed by atoms with Crippen molar-refractivity contribution in [2.45, 2.75) is 103 Å². The molecule has 1 N–H and O–H groups in total. The van der Waals surface area contributed by atoms with Crippen LogP contribution in [0.1, 0.15) is 103 Å². The van der Waals surface area contributed by atoms with Gasteiger partial charge in [-0.2, -0.15) is 0 Å². The zero-order chi connectivity index (χ0) is 17.2. The maximum atomic E-state index is 10.6. The second kappa shape index (κ2) is 18.3. The van der Waals surface area contributed by atoms with Crippen LogP contribution in [-0.4, -0.2) is 11.1 Å². The Morgan fingerprint density at radius 3 is 1.74 bits per heavy atom. The van der Waals surface area contributed by atoms with Crippen LogP contribution in [0.2, 0.25) is 0 Å². The Morgan fingerprint density at radius 1 is 0.870 bits per heavy atom.